The molecule has 0 spiro atoms. The van der Waals surface area contributed by atoms with Crippen LogP contribution in [0, 0.1) is 11.8 Å². The number of methoxy groups -OCH3 is 1. The number of nitrogens with zero attached hydrogens (tertiary/aromatic N) is 1. The molecule has 2 N–H and O–H groups in total. The molecule has 1 aliphatic heterocycles. The van der Waals surface area contributed by atoms with E-state index in [9.17, 15) is 4.79 Å². The molecule has 2 atom stereocenters. The van der Waals surface area contributed by atoms with Crippen molar-refractivity contribution in [2.75, 3.05) is 43.3 Å². The molecule has 0 aromatic heterocycles. The SMILES string of the molecule is COc1ccc(CNC(=O)[C@H](CSCC2CCCCC2)NC[C@@H]2CSCN2CCC(C)C)cc1. The van der Waals surface area contributed by atoms with Gasteiger partial charge >= 0.3 is 0 Å². The molecule has 1 heterocycles. The summed E-state index contributed by atoms with van der Waals surface area (Å²) in [6, 6.07) is 8.29. The highest BCUT2D eigenvalue weighted by molar-refractivity contribution is 7.99. The second-order valence-electron chi connectivity index (χ2n) is 10.2. The minimum atomic E-state index is -0.149. The Labute approximate surface area is 215 Å². The maximum atomic E-state index is 13.2. The molecule has 1 aromatic carbocycles. The van der Waals surface area contributed by atoms with Gasteiger partial charge in [-0.15, -0.1) is 11.8 Å². The van der Waals surface area contributed by atoms with Crippen LogP contribution in [0.2, 0.25) is 0 Å². The highest BCUT2D eigenvalue weighted by Gasteiger charge is 2.27. The third kappa shape index (κ3) is 9.63. The van der Waals surface area contributed by atoms with E-state index in [1.807, 2.05) is 47.8 Å². The van der Waals surface area contributed by atoms with Crippen LogP contribution in [-0.4, -0.2) is 66.2 Å². The maximum absolute atomic E-state index is 13.2. The first-order valence-electron chi connectivity index (χ1n) is 13.1. The van der Waals surface area contributed by atoms with Crippen molar-refractivity contribution in [1.29, 1.82) is 0 Å². The lowest BCUT2D eigenvalue weighted by atomic mass is 9.91. The molecular formula is C27H45N3O2S2. The Kier molecular flexibility index (Phi) is 12.4. The fraction of sp³-hybridized carbons (Fsp3) is 0.741. The number of ether oxygens (including phenoxy) is 1. The molecule has 0 radical (unpaired) electrons. The summed E-state index contributed by atoms with van der Waals surface area (Å²) in [6.45, 7) is 7.18. The molecule has 192 valence electrons. The summed E-state index contributed by atoms with van der Waals surface area (Å²) in [5, 5.41) is 6.84. The van der Waals surface area contributed by atoms with E-state index in [2.05, 4.69) is 29.4 Å². The van der Waals surface area contributed by atoms with Gasteiger partial charge in [-0.1, -0.05) is 45.2 Å². The summed E-state index contributed by atoms with van der Waals surface area (Å²) in [6.07, 6.45) is 8.10. The quantitative estimate of drug-likeness (QED) is 0.369. The number of nitrogens with one attached hydrogen (secondary N) is 2. The molecule has 1 aliphatic carbocycles. The van der Waals surface area contributed by atoms with Crippen LogP contribution in [0.15, 0.2) is 24.3 Å². The summed E-state index contributed by atoms with van der Waals surface area (Å²) in [7, 11) is 1.67. The maximum Gasteiger partial charge on any atom is 0.238 e. The first kappa shape index (κ1) is 27.7. The monoisotopic (exact) mass is 507 g/mol. The van der Waals surface area contributed by atoms with Gasteiger partial charge < -0.3 is 15.4 Å². The normalized spacial score (nSPS) is 20.5. The Hall–Kier alpha value is -0.890. The standard InChI is InChI=1S/C27H45N3O2S2/c1-21(2)13-14-30-20-34-18-24(30)16-28-26(19-33-17-23-7-5-4-6-8-23)27(31)29-15-22-9-11-25(32-3)12-10-22/h9-12,21,23-24,26,28H,4-8,13-20H2,1-3H3,(H,29,31)/t24-,26+/m1/s1. The van der Waals surface area contributed by atoms with Gasteiger partial charge in [0.05, 0.1) is 13.2 Å². The van der Waals surface area contributed by atoms with Crippen molar-refractivity contribution < 1.29 is 9.53 Å². The van der Waals surface area contributed by atoms with Gasteiger partial charge in [0.15, 0.2) is 0 Å². The highest BCUT2D eigenvalue weighted by Crippen LogP contribution is 2.27. The average molecular weight is 508 g/mol. The number of hydrogen-bond acceptors (Lipinski definition) is 6. The molecule has 2 fully saturated rings. The zero-order valence-electron chi connectivity index (χ0n) is 21.4. The van der Waals surface area contributed by atoms with Crippen LogP contribution in [0.1, 0.15) is 57.9 Å². The molecule has 0 bridgehead atoms. The molecule has 7 heteroatoms. The van der Waals surface area contributed by atoms with Crippen LogP contribution in [0.5, 0.6) is 5.75 Å². The lowest BCUT2D eigenvalue weighted by Crippen LogP contribution is -2.50. The van der Waals surface area contributed by atoms with Crippen LogP contribution in [0.3, 0.4) is 0 Å². The molecule has 1 saturated heterocycles. The summed E-state index contributed by atoms with van der Waals surface area (Å²) in [5.41, 5.74) is 1.09. The van der Waals surface area contributed by atoms with Crippen LogP contribution in [-0.2, 0) is 11.3 Å². The summed E-state index contributed by atoms with van der Waals surface area (Å²) in [4.78, 5) is 15.8. The number of carbonyl (C=O) groups excluding carboxylic acids is 1. The predicted molar refractivity (Wildman–Crippen MR) is 148 cm³/mol. The van der Waals surface area contributed by atoms with Crippen molar-refractivity contribution in [3.8, 4) is 5.75 Å². The van der Waals surface area contributed by atoms with Gasteiger partial charge in [-0.25, -0.2) is 0 Å². The molecular weight excluding hydrogens is 462 g/mol. The van der Waals surface area contributed by atoms with Crippen LogP contribution in [0.4, 0.5) is 0 Å². The number of carbonyl (C=O) groups is 1. The first-order chi connectivity index (χ1) is 16.5. The third-order valence-corrected chi connectivity index (χ3v) is 9.39. The third-order valence-electron chi connectivity index (χ3n) is 6.98. The lowest BCUT2D eigenvalue weighted by molar-refractivity contribution is -0.122. The van der Waals surface area contributed by atoms with Crippen molar-refractivity contribution in [2.24, 2.45) is 11.8 Å². The van der Waals surface area contributed by atoms with Gasteiger partial charge in [0, 0.05) is 36.5 Å². The molecule has 1 aromatic rings. The fourth-order valence-electron chi connectivity index (χ4n) is 4.64. The van der Waals surface area contributed by atoms with Crippen LogP contribution in [0.25, 0.3) is 0 Å². The number of hydrogen-bond donors (Lipinski definition) is 2. The van der Waals surface area contributed by atoms with Gasteiger partial charge in [-0.2, -0.15) is 11.8 Å². The molecule has 1 saturated carbocycles. The van der Waals surface area contributed by atoms with Gasteiger partial charge in [-0.05, 0) is 61.1 Å². The van der Waals surface area contributed by atoms with Gasteiger partial charge in [0.2, 0.25) is 5.91 Å². The van der Waals surface area contributed by atoms with E-state index in [4.69, 9.17) is 4.74 Å². The number of rotatable bonds is 14. The molecule has 2 aliphatic rings. The summed E-state index contributed by atoms with van der Waals surface area (Å²) >= 11 is 3.98. The molecule has 0 unspecified atom stereocenters. The molecule has 5 nitrogen and oxygen atoms in total. The van der Waals surface area contributed by atoms with E-state index in [0.29, 0.717) is 12.6 Å². The minimum Gasteiger partial charge on any atom is -0.497 e. The van der Waals surface area contributed by atoms with E-state index >= 15 is 0 Å². The van der Waals surface area contributed by atoms with Gasteiger partial charge in [0.25, 0.3) is 0 Å². The second-order valence-corrected chi connectivity index (χ2v) is 12.3. The average Bonchev–Trinajstić information content (AvgIpc) is 3.31. The highest BCUT2D eigenvalue weighted by atomic mass is 32.2. The lowest BCUT2D eigenvalue weighted by Gasteiger charge is -2.27. The second kappa shape index (κ2) is 15.3. The number of thioether (sulfide) groups is 2. The van der Waals surface area contributed by atoms with E-state index in [1.165, 1.54) is 44.3 Å². The Bertz CT molecular complexity index is 710. The zero-order valence-corrected chi connectivity index (χ0v) is 23.0. The van der Waals surface area contributed by atoms with Crippen molar-refractivity contribution in [2.45, 2.75) is 71.0 Å². The number of benzene rings is 1. The Morgan fingerprint density at radius 2 is 1.97 bits per heavy atom. The number of amides is 1. The minimum absolute atomic E-state index is 0.117. The Morgan fingerprint density at radius 1 is 1.21 bits per heavy atom. The Balaban J connectivity index is 1.51. The van der Waals surface area contributed by atoms with Crippen molar-refractivity contribution in [3.63, 3.8) is 0 Å². The summed E-state index contributed by atoms with van der Waals surface area (Å²) in [5.74, 6) is 6.81. The Morgan fingerprint density at radius 3 is 2.68 bits per heavy atom. The topological polar surface area (TPSA) is 53.6 Å². The van der Waals surface area contributed by atoms with E-state index in [1.54, 1.807) is 7.11 Å². The smallest absolute Gasteiger partial charge is 0.238 e. The van der Waals surface area contributed by atoms with Crippen molar-refractivity contribution >= 4 is 29.4 Å². The molecule has 34 heavy (non-hydrogen) atoms. The van der Waals surface area contributed by atoms with Crippen molar-refractivity contribution in [1.82, 2.24) is 15.5 Å². The van der Waals surface area contributed by atoms with Crippen LogP contribution >= 0.6 is 23.5 Å². The van der Waals surface area contributed by atoms with E-state index in [0.717, 1.165) is 53.6 Å². The van der Waals surface area contributed by atoms with Gasteiger partial charge in [-0.3, -0.25) is 9.69 Å². The van der Waals surface area contributed by atoms with Crippen LogP contribution < -0.4 is 15.4 Å². The largest absolute Gasteiger partial charge is 0.497 e. The van der Waals surface area contributed by atoms with Crippen molar-refractivity contribution in [3.05, 3.63) is 29.8 Å². The predicted octanol–water partition coefficient (Wildman–Crippen LogP) is 5.00. The molecule has 1 amide bonds. The zero-order chi connectivity index (χ0) is 24.2. The van der Waals surface area contributed by atoms with E-state index < -0.39 is 0 Å². The first-order valence-corrected chi connectivity index (χ1v) is 15.4. The molecule has 3 rings (SSSR count). The fourth-order valence-corrected chi connectivity index (χ4v) is 7.23. The van der Waals surface area contributed by atoms with Gasteiger partial charge in [0.1, 0.15) is 5.75 Å². The summed E-state index contributed by atoms with van der Waals surface area (Å²) < 4.78 is 5.24. The van der Waals surface area contributed by atoms with E-state index in [-0.39, 0.29) is 11.9 Å².